The number of carbonyl (C=O) groups is 2. The number of quaternary nitrogens is 1. The Bertz CT molecular complexity index is 701. The second-order valence-corrected chi connectivity index (χ2v) is 7.75. The van der Waals surface area contributed by atoms with Gasteiger partial charge in [-0.05, 0) is 31.0 Å². The van der Waals surface area contributed by atoms with Crippen molar-refractivity contribution in [1.82, 2.24) is 9.80 Å². The van der Waals surface area contributed by atoms with Crippen molar-refractivity contribution in [3.63, 3.8) is 0 Å². The summed E-state index contributed by atoms with van der Waals surface area (Å²) in [5, 5.41) is 0. The van der Waals surface area contributed by atoms with Gasteiger partial charge in [0, 0.05) is 25.6 Å². The summed E-state index contributed by atoms with van der Waals surface area (Å²) in [7, 11) is 3.29. The molecule has 1 N–H and O–H groups in total. The fraction of sp³-hybridized carbons (Fsp3) is 0.619. The predicted octanol–water partition coefficient (Wildman–Crippen LogP) is 0.189. The average Bonchev–Trinajstić information content (AvgIpc) is 2.73. The molecule has 2 aliphatic heterocycles. The maximum absolute atomic E-state index is 12.9. The normalized spacial score (nSPS) is 20.8. The van der Waals surface area contributed by atoms with Crippen LogP contribution < -0.4 is 14.4 Å². The highest BCUT2D eigenvalue weighted by molar-refractivity contribution is 5.80. The molecule has 0 aromatic heterocycles. The molecular weight excluding hydrogens is 358 g/mol. The zero-order chi connectivity index (χ0) is 20.1. The van der Waals surface area contributed by atoms with Crippen molar-refractivity contribution in [3.8, 4) is 11.5 Å². The fourth-order valence-electron chi connectivity index (χ4n) is 4.22. The number of benzene rings is 1. The number of piperidine rings is 1. The number of nitrogens with zero attached hydrogens (tertiary/aromatic N) is 2. The number of nitrogens with one attached hydrogen (secondary N) is 1. The van der Waals surface area contributed by atoms with Gasteiger partial charge in [0.05, 0.1) is 46.3 Å². The van der Waals surface area contributed by atoms with Crippen LogP contribution in [0.1, 0.15) is 25.3 Å². The van der Waals surface area contributed by atoms with E-state index < -0.39 is 0 Å². The lowest BCUT2D eigenvalue weighted by Crippen LogP contribution is -3.13. The third kappa shape index (κ3) is 4.76. The molecule has 2 heterocycles. The van der Waals surface area contributed by atoms with E-state index in [9.17, 15) is 9.59 Å². The second-order valence-electron chi connectivity index (χ2n) is 7.75. The lowest BCUT2D eigenvalue weighted by atomic mass is 9.96. The van der Waals surface area contributed by atoms with Gasteiger partial charge in [0.15, 0.2) is 11.5 Å². The summed E-state index contributed by atoms with van der Waals surface area (Å²) in [6.07, 6.45) is 1.81. The lowest BCUT2D eigenvalue weighted by molar-refractivity contribution is -0.917. The number of rotatable bonds is 5. The first-order chi connectivity index (χ1) is 13.5. The zero-order valence-electron chi connectivity index (χ0n) is 17.2. The molecule has 7 heteroatoms. The number of piperazine rings is 1. The van der Waals surface area contributed by atoms with Gasteiger partial charge < -0.3 is 24.2 Å². The molecule has 2 aliphatic rings. The smallest absolute Gasteiger partial charge is 0.227 e. The molecule has 154 valence electrons. The van der Waals surface area contributed by atoms with E-state index in [0.29, 0.717) is 6.54 Å². The van der Waals surface area contributed by atoms with Gasteiger partial charge in [-0.15, -0.1) is 0 Å². The number of hydrogen-bond acceptors (Lipinski definition) is 4. The number of hydrogen-bond donors (Lipinski definition) is 1. The van der Waals surface area contributed by atoms with Crippen LogP contribution in [0.5, 0.6) is 11.5 Å². The van der Waals surface area contributed by atoms with Gasteiger partial charge >= 0.3 is 0 Å². The van der Waals surface area contributed by atoms with E-state index in [1.165, 1.54) is 10.5 Å². The standard InChI is InChI=1S/C21H31N3O4/c1-16(25)24-8-4-5-18(15-24)21(26)23-11-9-22(10-12-23)14-17-6-7-19(27-2)20(13-17)28-3/h6-7,13,18H,4-5,8-12,14-15H2,1-3H3/p+1/t18-/m1/s1. The van der Waals surface area contributed by atoms with Crippen LogP contribution in [0.4, 0.5) is 0 Å². The maximum Gasteiger partial charge on any atom is 0.227 e. The number of carbonyl (C=O) groups excluding carboxylic acids is 2. The SMILES string of the molecule is COc1ccc(C[NH+]2CCN(C(=O)[C@@H]3CCCN(C(C)=O)C3)CC2)cc1OC. The first-order valence-corrected chi connectivity index (χ1v) is 10.1. The first-order valence-electron chi connectivity index (χ1n) is 10.1. The number of amides is 2. The van der Waals surface area contributed by atoms with E-state index in [1.807, 2.05) is 21.9 Å². The molecule has 0 unspecified atom stereocenters. The van der Waals surface area contributed by atoms with Gasteiger partial charge in [-0.2, -0.15) is 0 Å². The molecule has 0 saturated carbocycles. The largest absolute Gasteiger partial charge is 0.493 e. The van der Waals surface area contributed by atoms with E-state index in [1.54, 1.807) is 21.1 Å². The molecule has 1 aromatic rings. The Balaban J connectivity index is 1.51. The van der Waals surface area contributed by atoms with Crippen molar-refractivity contribution < 1.29 is 24.0 Å². The van der Waals surface area contributed by atoms with Crippen LogP contribution in [0.3, 0.4) is 0 Å². The monoisotopic (exact) mass is 390 g/mol. The predicted molar refractivity (Wildman–Crippen MR) is 106 cm³/mol. The minimum atomic E-state index is -0.0370. The molecular formula is C21H32N3O4+. The third-order valence-corrected chi connectivity index (χ3v) is 5.90. The molecule has 0 spiro atoms. The van der Waals surface area contributed by atoms with Crippen LogP contribution in [0.2, 0.25) is 0 Å². The number of methoxy groups -OCH3 is 2. The number of ether oxygens (including phenoxy) is 2. The zero-order valence-corrected chi connectivity index (χ0v) is 17.2. The molecule has 3 rings (SSSR count). The Morgan fingerprint density at radius 2 is 1.79 bits per heavy atom. The Labute approximate surface area is 167 Å². The minimum Gasteiger partial charge on any atom is -0.493 e. The topological polar surface area (TPSA) is 63.5 Å². The van der Waals surface area contributed by atoms with Crippen LogP contribution in [-0.2, 0) is 16.1 Å². The van der Waals surface area contributed by atoms with Crippen LogP contribution in [0, 0.1) is 5.92 Å². The van der Waals surface area contributed by atoms with Gasteiger partial charge in [-0.3, -0.25) is 9.59 Å². The molecule has 2 saturated heterocycles. The Morgan fingerprint density at radius 3 is 2.43 bits per heavy atom. The highest BCUT2D eigenvalue weighted by Crippen LogP contribution is 2.27. The molecule has 7 nitrogen and oxygen atoms in total. The van der Waals surface area contributed by atoms with Crippen LogP contribution >= 0.6 is 0 Å². The molecule has 1 aromatic carbocycles. The van der Waals surface area contributed by atoms with Crippen LogP contribution in [0.25, 0.3) is 0 Å². The van der Waals surface area contributed by atoms with Crippen molar-refractivity contribution in [2.75, 3.05) is 53.5 Å². The maximum atomic E-state index is 12.9. The summed E-state index contributed by atoms with van der Waals surface area (Å²) >= 11 is 0. The molecule has 2 fully saturated rings. The lowest BCUT2D eigenvalue weighted by Gasteiger charge is -2.37. The van der Waals surface area contributed by atoms with Gasteiger partial charge in [-0.1, -0.05) is 0 Å². The van der Waals surface area contributed by atoms with Gasteiger partial charge in [0.25, 0.3) is 0 Å². The summed E-state index contributed by atoms with van der Waals surface area (Å²) < 4.78 is 10.7. The average molecular weight is 391 g/mol. The van der Waals surface area contributed by atoms with E-state index in [4.69, 9.17) is 9.47 Å². The van der Waals surface area contributed by atoms with Gasteiger partial charge in [-0.25, -0.2) is 0 Å². The summed E-state index contributed by atoms with van der Waals surface area (Å²) in [6.45, 7) is 7.27. The number of likely N-dealkylation sites (tertiary alicyclic amines) is 1. The summed E-state index contributed by atoms with van der Waals surface area (Å²) in [5.41, 5.74) is 1.21. The van der Waals surface area contributed by atoms with Crippen molar-refractivity contribution >= 4 is 11.8 Å². The van der Waals surface area contributed by atoms with Crippen molar-refractivity contribution in [2.24, 2.45) is 5.92 Å². The highest BCUT2D eigenvalue weighted by Gasteiger charge is 2.32. The molecule has 0 aliphatic carbocycles. The van der Waals surface area contributed by atoms with Crippen LogP contribution in [-0.4, -0.2) is 75.1 Å². The summed E-state index contributed by atoms with van der Waals surface area (Å²) in [5.74, 6) is 1.74. The molecule has 2 amide bonds. The minimum absolute atomic E-state index is 0.0370. The van der Waals surface area contributed by atoms with Gasteiger partial charge in [0.1, 0.15) is 6.54 Å². The first kappa shape index (κ1) is 20.5. The summed E-state index contributed by atoms with van der Waals surface area (Å²) in [4.78, 5) is 29.8. The summed E-state index contributed by atoms with van der Waals surface area (Å²) in [6, 6.07) is 6.04. The van der Waals surface area contributed by atoms with E-state index in [0.717, 1.165) is 63.6 Å². The quantitative estimate of drug-likeness (QED) is 0.780. The van der Waals surface area contributed by atoms with E-state index >= 15 is 0 Å². The van der Waals surface area contributed by atoms with Gasteiger partial charge in [0.2, 0.25) is 11.8 Å². The van der Waals surface area contributed by atoms with Crippen molar-refractivity contribution in [2.45, 2.75) is 26.3 Å². The molecule has 0 radical (unpaired) electrons. The third-order valence-electron chi connectivity index (χ3n) is 5.90. The van der Waals surface area contributed by atoms with Crippen molar-refractivity contribution in [1.29, 1.82) is 0 Å². The highest BCUT2D eigenvalue weighted by atomic mass is 16.5. The Hall–Kier alpha value is -2.28. The fourth-order valence-corrected chi connectivity index (χ4v) is 4.22. The van der Waals surface area contributed by atoms with E-state index in [2.05, 4.69) is 6.07 Å². The Morgan fingerprint density at radius 1 is 1.07 bits per heavy atom. The molecule has 1 atom stereocenters. The van der Waals surface area contributed by atoms with Crippen molar-refractivity contribution in [3.05, 3.63) is 23.8 Å². The molecule has 28 heavy (non-hydrogen) atoms. The Kier molecular flexibility index (Phi) is 6.78. The second kappa shape index (κ2) is 9.28. The van der Waals surface area contributed by atoms with E-state index in [-0.39, 0.29) is 17.7 Å². The van der Waals surface area contributed by atoms with Crippen LogP contribution in [0.15, 0.2) is 18.2 Å². The molecule has 0 bridgehead atoms.